The molecule has 2 aromatic rings. The third kappa shape index (κ3) is 1.23. The van der Waals surface area contributed by atoms with Crippen LogP contribution in [0.2, 0.25) is 0 Å². The molecule has 0 atom stereocenters. The Morgan fingerprint density at radius 3 is 2.92 bits per heavy atom. The van der Waals surface area contributed by atoms with Crippen LogP contribution in [0, 0.1) is 11.3 Å². The Labute approximate surface area is 75.6 Å². The van der Waals surface area contributed by atoms with Crippen molar-refractivity contribution in [2.24, 2.45) is 0 Å². The van der Waals surface area contributed by atoms with Crippen molar-refractivity contribution in [2.75, 3.05) is 7.11 Å². The van der Waals surface area contributed by atoms with Crippen molar-refractivity contribution in [1.29, 1.82) is 5.26 Å². The quantitative estimate of drug-likeness (QED) is 0.715. The van der Waals surface area contributed by atoms with Crippen molar-refractivity contribution in [3.63, 3.8) is 0 Å². The topological polar surface area (TPSA) is 48.8 Å². The molecule has 0 saturated heterocycles. The first-order valence-electron chi connectivity index (χ1n) is 3.90. The highest BCUT2D eigenvalue weighted by molar-refractivity contribution is 5.82. The summed E-state index contributed by atoms with van der Waals surface area (Å²) in [5, 5.41) is 9.65. The summed E-state index contributed by atoms with van der Waals surface area (Å²) in [5.41, 5.74) is 1.53. The van der Waals surface area contributed by atoms with Gasteiger partial charge in [0.2, 0.25) is 0 Å². The largest absolute Gasteiger partial charge is 0.497 e. The summed E-state index contributed by atoms with van der Waals surface area (Å²) in [6.07, 6.45) is 0. The Morgan fingerprint density at radius 2 is 2.23 bits per heavy atom. The average molecular weight is 172 g/mol. The first kappa shape index (κ1) is 7.69. The van der Waals surface area contributed by atoms with Crippen molar-refractivity contribution in [3.8, 4) is 11.8 Å². The van der Waals surface area contributed by atoms with E-state index in [1.165, 1.54) is 0 Å². The van der Waals surface area contributed by atoms with E-state index in [4.69, 9.17) is 10.00 Å². The number of nitrogens with one attached hydrogen (secondary N) is 1. The number of ether oxygens (including phenoxy) is 1. The number of hydrogen-bond acceptors (Lipinski definition) is 2. The van der Waals surface area contributed by atoms with Crippen LogP contribution in [0.3, 0.4) is 0 Å². The van der Waals surface area contributed by atoms with E-state index in [9.17, 15) is 0 Å². The van der Waals surface area contributed by atoms with E-state index in [-0.39, 0.29) is 0 Å². The molecule has 1 aromatic carbocycles. The van der Waals surface area contributed by atoms with Gasteiger partial charge in [-0.1, -0.05) is 0 Å². The number of hydrogen-bond donors (Lipinski definition) is 1. The summed E-state index contributed by atoms with van der Waals surface area (Å²) >= 11 is 0. The monoisotopic (exact) mass is 172 g/mol. The maximum atomic E-state index is 8.65. The number of aromatic nitrogens is 1. The van der Waals surface area contributed by atoms with Gasteiger partial charge in [-0.15, -0.1) is 0 Å². The van der Waals surface area contributed by atoms with Crippen LogP contribution in [0.15, 0.2) is 24.3 Å². The highest BCUT2D eigenvalue weighted by Gasteiger charge is 2.00. The molecular formula is C10H8N2O. The summed E-state index contributed by atoms with van der Waals surface area (Å²) in [4.78, 5) is 2.98. The number of fused-ring (bicyclic) bond motifs is 1. The SMILES string of the molecule is COc1ccc2[nH]c(C#N)cc2c1. The van der Waals surface area contributed by atoms with Crippen LogP contribution < -0.4 is 4.74 Å². The Hall–Kier alpha value is -1.95. The minimum absolute atomic E-state index is 0.572. The molecule has 2 rings (SSSR count). The molecule has 0 saturated carbocycles. The minimum atomic E-state index is 0.572. The summed E-state index contributed by atoms with van der Waals surface area (Å²) in [5.74, 6) is 0.802. The average Bonchev–Trinajstić information content (AvgIpc) is 2.58. The van der Waals surface area contributed by atoms with Crippen molar-refractivity contribution in [2.45, 2.75) is 0 Å². The van der Waals surface area contributed by atoms with Crippen LogP contribution >= 0.6 is 0 Å². The molecule has 13 heavy (non-hydrogen) atoms. The minimum Gasteiger partial charge on any atom is -0.497 e. The lowest BCUT2D eigenvalue weighted by molar-refractivity contribution is 0.415. The summed E-state index contributed by atoms with van der Waals surface area (Å²) in [7, 11) is 1.62. The van der Waals surface area contributed by atoms with Crippen LogP contribution in [-0.2, 0) is 0 Å². The zero-order chi connectivity index (χ0) is 9.26. The fourth-order valence-electron chi connectivity index (χ4n) is 1.30. The van der Waals surface area contributed by atoms with Gasteiger partial charge in [-0.05, 0) is 24.3 Å². The van der Waals surface area contributed by atoms with Crippen molar-refractivity contribution >= 4 is 10.9 Å². The number of nitriles is 1. The third-order valence-electron chi connectivity index (χ3n) is 1.95. The number of methoxy groups -OCH3 is 1. The number of rotatable bonds is 1. The maximum Gasteiger partial charge on any atom is 0.119 e. The second-order valence-electron chi connectivity index (χ2n) is 2.75. The van der Waals surface area contributed by atoms with Crippen molar-refractivity contribution in [1.82, 2.24) is 4.98 Å². The number of benzene rings is 1. The van der Waals surface area contributed by atoms with Crippen LogP contribution in [0.1, 0.15) is 5.69 Å². The summed E-state index contributed by atoms with van der Waals surface area (Å²) < 4.78 is 5.07. The molecule has 3 nitrogen and oxygen atoms in total. The van der Waals surface area contributed by atoms with Gasteiger partial charge in [0.25, 0.3) is 0 Å². The maximum absolute atomic E-state index is 8.65. The number of aromatic amines is 1. The van der Waals surface area contributed by atoms with E-state index in [0.29, 0.717) is 5.69 Å². The zero-order valence-corrected chi connectivity index (χ0v) is 7.16. The van der Waals surface area contributed by atoms with Gasteiger partial charge in [-0.25, -0.2) is 0 Å². The molecule has 3 heteroatoms. The number of H-pyrrole nitrogens is 1. The molecule has 1 N–H and O–H groups in total. The highest BCUT2D eigenvalue weighted by Crippen LogP contribution is 2.20. The van der Waals surface area contributed by atoms with E-state index in [1.54, 1.807) is 13.2 Å². The number of nitrogens with zero attached hydrogens (tertiary/aromatic N) is 1. The van der Waals surface area contributed by atoms with Crippen LogP contribution in [-0.4, -0.2) is 12.1 Å². The van der Waals surface area contributed by atoms with E-state index in [2.05, 4.69) is 11.1 Å². The molecule has 0 amide bonds. The Balaban J connectivity index is 2.65. The molecule has 64 valence electrons. The lowest BCUT2D eigenvalue weighted by atomic mass is 10.2. The molecule has 0 aliphatic heterocycles. The van der Waals surface area contributed by atoms with Crippen LogP contribution in [0.5, 0.6) is 5.75 Å². The van der Waals surface area contributed by atoms with E-state index < -0.39 is 0 Å². The molecule has 0 aliphatic rings. The summed E-state index contributed by atoms with van der Waals surface area (Å²) in [6.45, 7) is 0. The molecule has 0 unspecified atom stereocenters. The highest BCUT2D eigenvalue weighted by atomic mass is 16.5. The Bertz CT molecular complexity index is 479. The predicted molar refractivity (Wildman–Crippen MR) is 49.6 cm³/mol. The molecule has 0 aliphatic carbocycles. The molecule has 0 radical (unpaired) electrons. The molecule has 1 heterocycles. The first-order valence-corrected chi connectivity index (χ1v) is 3.90. The van der Waals surface area contributed by atoms with Gasteiger partial charge >= 0.3 is 0 Å². The molecule has 0 bridgehead atoms. The first-order chi connectivity index (χ1) is 6.33. The van der Waals surface area contributed by atoms with Gasteiger partial charge in [0.15, 0.2) is 0 Å². The summed E-state index contributed by atoms with van der Waals surface area (Å²) in [6, 6.07) is 9.52. The van der Waals surface area contributed by atoms with E-state index in [1.807, 2.05) is 18.2 Å². The van der Waals surface area contributed by atoms with Gasteiger partial charge in [0.1, 0.15) is 17.5 Å². The second kappa shape index (κ2) is 2.83. The van der Waals surface area contributed by atoms with Crippen molar-refractivity contribution < 1.29 is 4.74 Å². The molecule has 0 fully saturated rings. The Kier molecular flexibility index (Phi) is 1.67. The third-order valence-corrected chi connectivity index (χ3v) is 1.95. The second-order valence-corrected chi connectivity index (χ2v) is 2.75. The van der Waals surface area contributed by atoms with Crippen LogP contribution in [0.25, 0.3) is 10.9 Å². The van der Waals surface area contributed by atoms with Crippen molar-refractivity contribution in [3.05, 3.63) is 30.0 Å². The molecule has 1 aromatic heterocycles. The van der Waals surface area contributed by atoms with Gasteiger partial charge in [0, 0.05) is 10.9 Å². The fraction of sp³-hybridized carbons (Fsp3) is 0.100. The van der Waals surface area contributed by atoms with E-state index >= 15 is 0 Å². The molecule has 0 spiro atoms. The van der Waals surface area contributed by atoms with Gasteiger partial charge < -0.3 is 9.72 Å². The van der Waals surface area contributed by atoms with Gasteiger partial charge in [-0.2, -0.15) is 5.26 Å². The van der Waals surface area contributed by atoms with Gasteiger partial charge in [0.05, 0.1) is 7.11 Å². The normalized spacial score (nSPS) is 9.85. The lowest BCUT2D eigenvalue weighted by Crippen LogP contribution is -1.80. The zero-order valence-electron chi connectivity index (χ0n) is 7.16. The fourth-order valence-corrected chi connectivity index (χ4v) is 1.30. The van der Waals surface area contributed by atoms with Gasteiger partial charge in [-0.3, -0.25) is 0 Å². The lowest BCUT2D eigenvalue weighted by Gasteiger charge is -1.97. The molecular weight excluding hydrogens is 164 g/mol. The smallest absolute Gasteiger partial charge is 0.119 e. The standard InChI is InChI=1S/C10H8N2O/c1-13-9-2-3-10-7(5-9)4-8(6-11)12-10/h2-5,12H,1H3. The van der Waals surface area contributed by atoms with Crippen LogP contribution in [0.4, 0.5) is 0 Å². The predicted octanol–water partition coefficient (Wildman–Crippen LogP) is 2.05. The Morgan fingerprint density at radius 1 is 1.38 bits per heavy atom. The van der Waals surface area contributed by atoms with E-state index in [0.717, 1.165) is 16.7 Å².